The van der Waals surface area contributed by atoms with Gasteiger partial charge >= 0.3 is 6.03 Å². The van der Waals surface area contributed by atoms with Crippen molar-refractivity contribution in [2.24, 2.45) is 5.92 Å². The lowest BCUT2D eigenvalue weighted by Crippen LogP contribution is -2.56. The second-order valence-electron chi connectivity index (χ2n) is 8.16. The predicted octanol–water partition coefficient (Wildman–Crippen LogP) is 3.08. The van der Waals surface area contributed by atoms with E-state index in [1.54, 1.807) is 17.5 Å². The van der Waals surface area contributed by atoms with Crippen molar-refractivity contribution in [1.29, 1.82) is 0 Å². The maximum absolute atomic E-state index is 13.5. The molecular formula is C22H29N5O2S. The molecule has 0 saturated carbocycles. The molecule has 2 aliphatic rings. The highest BCUT2D eigenvalue weighted by molar-refractivity contribution is 7.09. The maximum Gasteiger partial charge on any atom is 0.325 e. The number of amides is 3. The largest absolute Gasteiger partial charge is 0.325 e. The molecule has 4 rings (SSSR count). The van der Waals surface area contributed by atoms with Gasteiger partial charge in [0, 0.05) is 36.4 Å². The van der Waals surface area contributed by atoms with Crippen LogP contribution in [0.4, 0.5) is 4.79 Å². The van der Waals surface area contributed by atoms with E-state index >= 15 is 0 Å². The summed E-state index contributed by atoms with van der Waals surface area (Å²) in [5, 5.41) is 6.25. The molecule has 2 saturated heterocycles. The van der Waals surface area contributed by atoms with Gasteiger partial charge in [-0.25, -0.2) is 9.78 Å². The Bertz CT molecular complexity index is 852. The van der Waals surface area contributed by atoms with Crippen LogP contribution < -0.4 is 5.32 Å². The van der Waals surface area contributed by atoms with E-state index in [0.29, 0.717) is 19.4 Å². The number of aromatic nitrogens is 2. The second-order valence-corrected chi connectivity index (χ2v) is 9.13. The lowest BCUT2D eigenvalue weighted by Gasteiger charge is -2.40. The Morgan fingerprint density at radius 1 is 1.20 bits per heavy atom. The van der Waals surface area contributed by atoms with E-state index < -0.39 is 5.54 Å². The Morgan fingerprint density at radius 3 is 2.70 bits per heavy atom. The minimum absolute atomic E-state index is 0.0522. The number of pyridine rings is 1. The molecule has 0 aliphatic carbocycles. The van der Waals surface area contributed by atoms with Gasteiger partial charge in [-0.3, -0.25) is 19.6 Å². The van der Waals surface area contributed by atoms with Crippen molar-refractivity contribution in [3.8, 4) is 0 Å². The molecule has 8 heteroatoms. The molecule has 2 aromatic heterocycles. The zero-order valence-electron chi connectivity index (χ0n) is 17.4. The molecule has 0 radical (unpaired) electrons. The summed E-state index contributed by atoms with van der Waals surface area (Å²) in [6.07, 6.45) is 7.52. The minimum atomic E-state index is -0.761. The van der Waals surface area contributed by atoms with Crippen LogP contribution in [-0.4, -0.2) is 56.9 Å². The summed E-state index contributed by atoms with van der Waals surface area (Å²) in [5.74, 6) is 0.116. The van der Waals surface area contributed by atoms with Crippen LogP contribution in [0.25, 0.3) is 0 Å². The lowest BCUT2D eigenvalue weighted by atomic mass is 9.75. The van der Waals surface area contributed by atoms with Crippen molar-refractivity contribution < 1.29 is 9.59 Å². The lowest BCUT2D eigenvalue weighted by molar-refractivity contribution is -0.134. The smallest absolute Gasteiger partial charge is 0.323 e. The Kier molecular flexibility index (Phi) is 6.43. The summed E-state index contributed by atoms with van der Waals surface area (Å²) in [6, 6.07) is 5.46. The maximum atomic E-state index is 13.5. The first-order chi connectivity index (χ1) is 14.6. The minimum Gasteiger partial charge on any atom is -0.323 e. The zero-order chi connectivity index (χ0) is 21.0. The third-order valence-electron chi connectivity index (χ3n) is 6.29. The highest BCUT2D eigenvalue weighted by Crippen LogP contribution is 2.37. The van der Waals surface area contributed by atoms with Crippen LogP contribution in [0, 0.1) is 5.92 Å². The quantitative estimate of drug-likeness (QED) is 0.655. The van der Waals surface area contributed by atoms with Gasteiger partial charge in [0.05, 0.1) is 6.54 Å². The van der Waals surface area contributed by atoms with Gasteiger partial charge in [-0.15, -0.1) is 11.3 Å². The molecule has 2 aliphatic heterocycles. The zero-order valence-corrected chi connectivity index (χ0v) is 18.2. The standard InChI is InChI=1S/C22H29N5O2S/c1-2-9-22(17-6-12-26(13-7-17)16-19-24-11-15-30-19)20(28)27(21(29)25-22)14-8-18-5-3-4-10-23-18/h3-5,10-11,15,17H,2,6-9,12-14,16H2,1H3,(H,25,29). The van der Waals surface area contributed by atoms with Crippen LogP contribution in [0.1, 0.15) is 43.3 Å². The van der Waals surface area contributed by atoms with E-state index in [4.69, 9.17) is 0 Å². The highest BCUT2D eigenvalue weighted by Gasteiger charge is 2.55. The number of carbonyl (C=O) groups is 2. The first kappa shape index (κ1) is 20.9. The second kappa shape index (κ2) is 9.22. The summed E-state index contributed by atoms with van der Waals surface area (Å²) < 4.78 is 0. The van der Waals surface area contributed by atoms with E-state index in [1.807, 2.05) is 29.8 Å². The van der Waals surface area contributed by atoms with Crippen LogP contribution in [0.2, 0.25) is 0 Å². The number of likely N-dealkylation sites (tertiary alicyclic amines) is 1. The van der Waals surface area contributed by atoms with Gasteiger partial charge in [0.25, 0.3) is 5.91 Å². The van der Waals surface area contributed by atoms with Crippen molar-refractivity contribution in [2.45, 2.75) is 51.1 Å². The van der Waals surface area contributed by atoms with Gasteiger partial charge < -0.3 is 5.32 Å². The average Bonchev–Trinajstić information content (AvgIpc) is 3.35. The molecule has 7 nitrogen and oxygen atoms in total. The van der Waals surface area contributed by atoms with Crippen LogP contribution in [0.3, 0.4) is 0 Å². The molecule has 4 heterocycles. The first-order valence-corrected chi connectivity index (χ1v) is 11.6. The van der Waals surface area contributed by atoms with Crippen molar-refractivity contribution in [2.75, 3.05) is 19.6 Å². The Labute approximate surface area is 181 Å². The van der Waals surface area contributed by atoms with Gasteiger partial charge in [0.15, 0.2) is 0 Å². The van der Waals surface area contributed by atoms with E-state index in [1.165, 1.54) is 4.90 Å². The number of thiazole rings is 1. The van der Waals surface area contributed by atoms with E-state index in [2.05, 4.69) is 27.1 Å². The Morgan fingerprint density at radius 2 is 2.03 bits per heavy atom. The number of hydrogen-bond donors (Lipinski definition) is 1. The van der Waals surface area contributed by atoms with Gasteiger partial charge in [0.2, 0.25) is 0 Å². The van der Waals surface area contributed by atoms with Crippen molar-refractivity contribution in [3.63, 3.8) is 0 Å². The number of nitrogens with zero attached hydrogens (tertiary/aromatic N) is 4. The summed E-state index contributed by atoms with van der Waals surface area (Å²) in [4.78, 5) is 38.8. The van der Waals surface area contributed by atoms with Gasteiger partial charge in [0.1, 0.15) is 10.5 Å². The molecule has 2 aromatic rings. The SMILES string of the molecule is CCCC1(C2CCN(Cc3nccs3)CC2)NC(=O)N(CCc2ccccn2)C1=O. The number of piperidine rings is 1. The van der Waals surface area contributed by atoms with Crippen LogP contribution in [0.15, 0.2) is 36.0 Å². The molecule has 0 bridgehead atoms. The van der Waals surface area contributed by atoms with Crippen LogP contribution >= 0.6 is 11.3 Å². The summed E-state index contributed by atoms with van der Waals surface area (Å²) in [6.45, 7) is 5.16. The molecule has 1 unspecified atom stereocenters. The summed E-state index contributed by atoms with van der Waals surface area (Å²) in [5.41, 5.74) is 0.130. The molecule has 0 aromatic carbocycles. The fourth-order valence-corrected chi connectivity index (χ4v) is 5.43. The number of rotatable bonds is 8. The third kappa shape index (κ3) is 4.25. The normalized spacial score (nSPS) is 23.2. The van der Waals surface area contributed by atoms with Crippen LogP contribution in [0.5, 0.6) is 0 Å². The molecule has 0 spiro atoms. The molecular weight excluding hydrogens is 398 g/mol. The third-order valence-corrected chi connectivity index (χ3v) is 7.06. The summed E-state index contributed by atoms with van der Waals surface area (Å²) in [7, 11) is 0. The fraction of sp³-hybridized carbons (Fsp3) is 0.545. The number of hydrogen-bond acceptors (Lipinski definition) is 6. The number of carbonyl (C=O) groups excluding carboxylic acids is 2. The van der Waals surface area contributed by atoms with Gasteiger partial charge in [-0.1, -0.05) is 19.4 Å². The predicted molar refractivity (Wildman–Crippen MR) is 116 cm³/mol. The monoisotopic (exact) mass is 427 g/mol. The van der Waals surface area contributed by atoms with Crippen LogP contribution in [-0.2, 0) is 17.8 Å². The molecule has 2 fully saturated rings. The molecule has 160 valence electrons. The van der Waals surface area contributed by atoms with E-state index in [9.17, 15) is 9.59 Å². The summed E-state index contributed by atoms with van der Waals surface area (Å²) >= 11 is 1.68. The number of nitrogens with one attached hydrogen (secondary N) is 1. The van der Waals surface area contributed by atoms with Crippen molar-refractivity contribution >= 4 is 23.3 Å². The molecule has 30 heavy (non-hydrogen) atoms. The number of imide groups is 1. The molecule has 1 atom stereocenters. The topological polar surface area (TPSA) is 78.4 Å². The molecule has 3 amide bonds. The van der Waals surface area contributed by atoms with Crippen molar-refractivity contribution in [1.82, 2.24) is 25.1 Å². The van der Waals surface area contributed by atoms with Crippen molar-refractivity contribution in [3.05, 3.63) is 46.7 Å². The Hall–Kier alpha value is -2.32. The Balaban J connectivity index is 1.42. The van der Waals surface area contributed by atoms with Gasteiger partial charge in [-0.2, -0.15) is 0 Å². The fourth-order valence-electron chi connectivity index (χ4n) is 4.77. The van der Waals surface area contributed by atoms with E-state index in [-0.39, 0.29) is 17.9 Å². The van der Waals surface area contributed by atoms with Gasteiger partial charge in [-0.05, 0) is 50.4 Å². The average molecular weight is 428 g/mol. The molecule has 1 N–H and O–H groups in total. The number of urea groups is 1. The first-order valence-electron chi connectivity index (χ1n) is 10.8. The van der Waals surface area contributed by atoms with E-state index in [0.717, 1.165) is 49.6 Å². The highest BCUT2D eigenvalue weighted by atomic mass is 32.1.